The molecule has 4 rings (SSSR count). The first kappa shape index (κ1) is 19.5. The smallest absolute Gasteiger partial charge is 0.282 e. The quantitative estimate of drug-likeness (QED) is 0.610. The van der Waals surface area contributed by atoms with Crippen LogP contribution in [-0.2, 0) is 16.7 Å². The third kappa shape index (κ3) is 4.00. The molecule has 0 amide bonds. The fourth-order valence-corrected chi connectivity index (χ4v) is 4.68. The van der Waals surface area contributed by atoms with Gasteiger partial charge in [-0.15, -0.1) is 0 Å². The van der Waals surface area contributed by atoms with Gasteiger partial charge in [0.05, 0.1) is 10.6 Å². The minimum Gasteiger partial charge on any atom is -0.282 e. The minimum absolute atomic E-state index is 0.268. The molecule has 152 valence electrons. The van der Waals surface area contributed by atoms with Crippen molar-refractivity contribution in [2.75, 3.05) is 26.2 Å². The standard InChI is InChI=1S/C19H22N6O3S/c1-16-7-9-18(10-8-16)29(27,28)23-13-11-22(12-14-23)15-24-19(26)25(21-20-24)17-5-3-2-4-6-17/h2-10H,11-15H2,1H3. The van der Waals surface area contributed by atoms with Crippen molar-refractivity contribution in [3.8, 4) is 5.69 Å². The van der Waals surface area contributed by atoms with Crippen molar-refractivity contribution < 1.29 is 8.42 Å². The normalized spacial score (nSPS) is 16.2. The average Bonchev–Trinajstić information content (AvgIpc) is 3.09. The van der Waals surface area contributed by atoms with Gasteiger partial charge in [0.25, 0.3) is 0 Å². The number of benzene rings is 2. The molecule has 1 aliphatic rings. The second kappa shape index (κ2) is 7.90. The van der Waals surface area contributed by atoms with Gasteiger partial charge < -0.3 is 0 Å². The van der Waals surface area contributed by atoms with Gasteiger partial charge in [-0.3, -0.25) is 4.90 Å². The lowest BCUT2D eigenvalue weighted by Crippen LogP contribution is -2.49. The average molecular weight is 414 g/mol. The molecule has 1 aliphatic heterocycles. The second-order valence-corrected chi connectivity index (χ2v) is 8.92. The molecule has 1 aromatic heterocycles. The fraction of sp³-hybridized carbons (Fsp3) is 0.316. The number of rotatable bonds is 5. The first-order valence-corrected chi connectivity index (χ1v) is 10.8. The zero-order valence-electron chi connectivity index (χ0n) is 16.0. The molecule has 3 aromatic rings. The molecule has 9 nitrogen and oxygen atoms in total. The highest BCUT2D eigenvalue weighted by atomic mass is 32.2. The van der Waals surface area contributed by atoms with Crippen molar-refractivity contribution in [1.82, 2.24) is 29.0 Å². The molecule has 0 radical (unpaired) electrons. The summed E-state index contributed by atoms with van der Waals surface area (Å²) in [6.45, 7) is 3.93. The summed E-state index contributed by atoms with van der Waals surface area (Å²) >= 11 is 0. The van der Waals surface area contributed by atoms with Gasteiger partial charge in [-0.1, -0.05) is 35.9 Å². The maximum Gasteiger partial charge on any atom is 0.369 e. The predicted octanol–water partition coefficient (Wildman–Crippen LogP) is 0.701. The van der Waals surface area contributed by atoms with Crippen molar-refractivity contribution in [2.45, 2.75) is 18.5 Å². The Morgan fingerprint density at radius 3 is 2.21 bits per heavy atom. The second-order valence-electron chi connectivity index (χ2n) is 6.98. The number of sulfonamides is 1. The Morgan fingerprint density at radius 2 is 1.55 bits per heavy atom. The monoisotopic (exact) mass is 414 g/mol. The van der Waals surface area contributed by atoms with Gasteiger partial charge in [0.15, 0.2) is 0 Å². The van der Waals surface area contributed by atoms with Crippen LogP contribution in [0.2, 0.25) is 0 Å². The van der Waals surface area contributed by atoms with Gasteiger partial charge in [0.2, 0.25) is 10.0 Å². The summed E-state index contributed by atoms with van der Waals surface area (Å²) in [5.74, 6) is 0. The van der Waals surface area contributed by atoms with E-state index >= 15 is 0 Å². The Hall–Kier alpha value is -2.82. The first-order chi connectivity index (χ1) is 13.9. The van der Waals surface area contributed by atoms with E-state index in [9.17, 15) is 13.2 Å². The minimum atomic E-state index is -3.51. The number of nitrogens with zero attached hydrogens (tertiary/aromatic N) is 6. The van der Waals surface area contributed by atoms with Crippen LogP contribution in [0, 0.1) is 6.92 Å². The van der Waals surface area contributed by atoms with Crippen LogP contribution in [0.1, 0.15) is 5.56 Å². The molecule has 0 saturated carbocycles. The van der Waals surface area contributed by atoms with E-state index in [1.165, 1.54) is 13.7 Å². The molecule has 2 aromatic carbocycles. The van der Waals surface area contributed by atoms with Gasteiger partial charge in [-0.2, -0.15) is 13.7 Å². The molecule has 0 spiro atoms. The molecular formula is C19H22N6O3S. The highest BCUT2D eigenvalue weighted by Gasteiger charge is 2.28. The molecule has 0 unspecified atom stereocenters. The molecule has 10 heteroatoms. The van der Waals surface area contributed by atoms with Crippen LogP contribution in [0.5, 0.6) is 0 Å². The predicted molar refractivity (Wildman–Crippen MR) is 107 cm³/mol. The fourth-order valence-electron chi connectivity index (χ4n) is 3.25. The summed E-state index contributed by atoms with van der Waals surface area (Å²) in [4.78, 5) is 14.8. The van der Waals surface area contributed by atoms with Crippen LogP contribution in [-0.4, -0.2) is 63.6 Å². The van der Waals surface area contributed by atoms with E-state index in [1.54, 1.807) is 36.4 Å². The van der Waals surface area contributed by atoms with Crippen molar-refractivity contribution in [3.05, 3.63) is 70.6 Å². The summed E-state index contributed by atoms with van der Waals surface area (Å²) in [5.41, 5.74) is 1.34. The van der Waals surface area contributed by atoms with Crippen molar-refractivity contribution in [1.29, 1.82) is 0 Å². The Morgan fingerprint density at radius 1 is 0.897 bits per heavy atom. The van der Waals surface area contributed by atoms with Gasteiger partial charge in [-0.05, 0) is 41.6 Å². The van der Waals surface area contributed by atoms with E-state index < -0.39 is 10.0 Å². The zero-order valence-corrected chi connectivity index (χ0v) is 16.9. The summed E-state index contributed by atoms with van der Waals surface area (Å²) in [6.07, 6.45) is 0. The number of piperazine rings is 1. The molecule has 0 N–H and O–H groups in total. The Labute approximate surface area is 168 Å². The number of aryl methyl sites for hydroxylation is 1. The molecule has 29 heavy (non-hydrogen) atoms. The Bertz CT molecular complexity index is 1130. The van der Waals surface area contributed by atoms with Gasteiger partial charge in [-0.25, -0.2) is 13.2 Å². The third-order valence-electron chi connectivity index (χ3n) is 4.96. The van der Waals surface area contributed by atoms with Crippen molar-refractivity contribution in [3.63, 3.8) is 0 Å². The van der Waals surface area contributed by atoms with E-state index in [0.717, 1.165) is 5.56 Å². The summed E-state index contributed by atoms with van der Waals surface area (Å²) in [5, 5.41) is 7.89. The van der Waals surface area contributed by atoms with Crippen LogP contribution in [0.25, 0.3) is 5.69 Å². The zero-order chi connectivity index (χ0) is 20.4. The van der Waals surface area contributed by atoms with Crippen molar-refractivity contribution >= 4 is 10.0 Å². The highest BCUT2D eigenvalue weighted by Crippen LogP contribution is 2.18. The summed E-state index contributed by atoms with van der Waals surface area (Å²) in [7, 11) is -3.51. The lowest BCUT2D eigenvalue weighted by molar-refractivity contribution is 0.142. The van der Waals surface area contributed by atoms with E-state index in [2.05, 4.69) is 10.4 Å². The van der Waals surface area contributed by atoms with E-state index in [0.29, 0.717) is 36.8 Å². The lowest BCUT2D eigenvalue weighted by Gasteiger charge is -2.33. The number of para-hydroxylation sites is 1. The number of aromatic nitrogens is 4. The molecule has 0 atom stereocenters. The highest BCUT2D eigenvalue weighted by molar-refractivity contribution is 7.89. The van der Waals surface area contributed by atoms with Gasteiger partial charge in [0, 0.05) is 26.2 Å². The van der Waals surface area contributed by atoms with Crippen LogP contribution in [0.4, 0.5) is 0 Å². The van der Waals surface area contributed by atoms with Crippen LogP contribution < -0.4 is 5.69 Å². The number of hydrogen-bond donors (Lipinski definition) is 0. The third-order valence-corrected chi connectivity index (χ3v) is 6.88. The van der Waals surface area contributed by atoms with Gasteiger partial charge in [0.1, 0.15) is 6.67 Å². The maximum absolute atomic E-state index is 12.8. The molecule has 1 fully saturated rings. The molecular weight excluding hydrogens is 392 g/mol. The largest absolute Gasteiger partial charge is 0.369 e. The van der Waals surface area contributed by atoms with E-state index in [1.807, 2.05) is 30.0 Å². The first-order valence-electron chi connectivity index (χ1n) is 9.32. The van der Waals surface area contributed by atoms with Gasteiger partial charge >= 0.3 is 5.69 Å². The Balaban J connectivity index is 1.41. The lowest BCUT2D eigenvalue weighted by atomic mass is 10.2. The number of hydrogen-bond acceptors (Lipinski definition) is 6. The van der Waals surface area contributed by atoms with Crippen molar-refractivity contribution in [2.24, 2.45) is 0 Å². The SMILES string of the molecule is Cc1ccc(S(=O)(=O)N2CCN(Cn3nnn(-c4ccccc4)c3=O)CC2)cc1. The number of tetrazole rings is 1. The van der Waals surface area contributed by atoms with Crippen LogP contribution in [0.15, 0.2) is 64.3 Å². The molecule has 0 bridgehead atoms. The molecule has 0 aliphatic carbocycles. The van der Waals surface area contributed by atoms with E-state index in [-0.39, 0.29) is 12.4 Å². The molecule has 1 saturated heterocycles. The Kier molecular flexibility index (Phi) is 5.31. The van der Waals surface area contributed by atoms with E-state index in [4.69, 9.17) is 0 Å². The van der Waals surface area contributed by atoms with Crippen LogP contribution >= 0.6 is 0 Å². The topological polar surface area (TPSA) is 93.3 Å². The molecule has 2 heterocycles. The maximum atomic E-state index is 12.8. The summed E-state index contributed by atoms with van der Waals surface area (Å²) < 4.78 is 29.6. The summed E-state index contributed by atoms with van der Waals surface area (Å²) in [6, 6.07) is 16.0. The van der Waals surface area contributed by atoms with Crippen LogP contribution in [0.3, 0.4) is 0 Å².